The summed E-state index contributed by atoms with van der Waals surface area (Å²) in [4.78, 5) is 38.7. The highest BCUT2D eigenvalue weighted by Gasteiger charge is 2.38. The first-order valence-corrected chi connectivity index (χ1v) is 11.7. The third-order valence-electron chi connectivity index (χ3n) is 6.29. The van der Waals surface area contributed by atoms with Crippen LogP contribution in [0.2, 0.25) is 0 Å². The van der Waals surface area contributed by atoms with Crippen molar-refractivity contribution in [1.82, 2.24) is 20.6 Å². The van der Waals surface area contributed by atoms with E-state index in [0.717, 1.165) is 28.9 Å². The Hall–Kier alpha value is -4.38. The van der Waals surface area contributed by atoms with Crippen molar-refractivity contribution in [2.45, 2.75) is 32.4 Å². The second kappa shape index (κ2) is 9.70. The van der Waals surface area contributed by atoms with Crippen LogP contribution in [0.4, 0.5) is 22.0 Å². The molecule has 3 heterocycles. The number of carbonyl (C=O) groups excluding carboxylic acids is 3. The molecule has 1 unspecified atom stereocenters. The molecule has 0 bridgehead atoms. The molecule has 1 atom stereocenters. The Labute approximate surface area is 207 Å². The monoisotopic (exact) mass is 489 g/mol. The number of anilines is 3. The number of methoxy groups -OCH3 is 1. The molecule has 1 aromatic heterocycles. The summed E-state index contributed by atoms with van der Waals surface area (Å²) in [7, 11) is 1.54. The van der Waals surface area contributed by atoms with Gasteiger partial charge in [-0.3, -0.25) is 20.1 Å². The van der Waals surface area contributed by atoms with Gasteiger partial charge in [0.1, 0.15) is 5.75 Å². The van der Waals surface area contributed by atoms with Crippen LogP contribution in [0.3, 0.4) is 0 Å². The minimum atomic E-state index is -0.442. The zero-order valence-corrected chi connectivity index (χ0v) is 20.0. The first kappa shape index (κ1) is 23.4. The molecule has 1 saturated heterocycles. The van der Waals surface area contributed by atoms with Gasteiger partial charge in [-0.2, -0.15) is 5.10 Å². The lowest BCUT2D eigenvalue weighted by molar-refractivity contribution is -0.117. The van der Waals surface area contributed by atoms with Gasteiger partial charge in [0.15, 0.2) is 5.82 Å². The van der Waals surface area contributed by atoms with Crippen LogP contribution in [0.1, 0.15) is 42.6 Å². The van der Waals surface area contributed by atoms with E-state index in [-0.39, 0.29) is 11.8 Å². The van der Waals surface area contributed by atoms with E-state index >= 15 is 0 Å². The summed E-state index contributed by atoms with van der Waals surface area (Å²) < 4.78 is 5.32. The van der Waals surface area contributed by atoms with Crippen molar-refractivity contribution < 1.29 is 19.1 Å². The number of rotatable bonds is 6. The number of amides is 4. The van der Waals surface area contributed by atoms with Crippen LogP contribution in [-0.4, -0.2) is 46.7 Å². The molecule has 4 N–H and O–H groups in total. The molecular weight excluding hydrogens is 462 g/mol. The van der Waals surface area contributed by atoms with Crippen LogP contribution in [-0.2, 0) is 16.1 Å². The maximum atomic E-state index is 13.0. The number of hydrogen-bond acceptors (Lipinski definition) is 6. The van der Waals surface area contributed by atoms with Crippen molar-refractivity contribution >= 4 is 35.0 Å². The van der Waals surface area contributed by atoms with E-state index in [2.05, 4.69) is 26.3 Å². The number of aromatic amines is 1. The topological polar surface area (TPSA) is 132 Å². The lowest BCUT2D eigenvalue weighted by Gasteiger charge is -2.27. The molecule has 4 amide bonds. The Morgan fingerprint density at radius 2 is 1.89 bits per heavy atom. The number of fused-ring (bicyclic) bond motifs is 1. The average Bonchev–Trinajstić information content (AvgIpc) is 3.55. The smallest absolute Gasteiger partial charge is 0.333 e. The highest BCUT2D eigenvalue weighted by atomic mass is 16.5. The van der Waals surface area contributed by atoms with Crippen LogP contribution >= 0.6 is 0 Å². The number of urea groups is 1. The van der Waals surface area contributed by atoms with E-state index in [1.54, 1.807) is 28.1 Å². The molecule has 186 valence electrons. The Morgan fingerprint density at radius 1 is 1.11 bits per heavy atom. The molecule has 11 nitrogen and oxygen atoms in total. The number of nitrogens with one attached hydrogen (secondary N) is 4. The van der Waals surface area contributed by atoms with Crippen LogP contribution in [0.5, 0.6) is 5.75 Å². The quantitative estimate of drug-likeness (QED) is 0.421. The number of hydrazine groups is 1. The number of nitrogens with zero attached hydrogens (tertiary/aromatic N) is 3. The normalized spacial score (nSPS) is 17.1. The number of carbonyl (C=O) groups is 3. The maximum absolute atomic E-state index is 13.0. The van der Waals surface area contributed by atoms with Gasteiger partial charge >= 0.3 is 6.03 Å². The molecule has 1 fully saturated rings. The first-order chi connectivity index (χ1) is 17.4. The zero-order chi connectivity index (χ0) is 25.2. The van der Waals surface area contributed by atoms with E-state index in [1.165, 1.54) is 14.0 Å². The van der Waals surface area contributed by atoms with Gasteiger partial charge in [-0.15, -0.1) is 0 Å². The van der Waals surface area contributed by atoms with Gasteiger partial charge in [0.25, 0.3) is 0 Å². The molecule has 36 heavy (non-hydrogen) atoms. The molecule has 0 spiro atoms. The molecule has 5 rings (SSSR count). The minimum Gasteiger partial charge on any atom is -0.495 e. The highest BCUT2D eigenvalue weighted by Crippen LogP contribution is 2.41. The Morgan fingerprint density at radius 3 is 2.58 bits per heavy atom. The van der Waals surface area contributed by atoms with Gasteiger partial charge in [0.2, 0.25) is 11.8 Å². The third-order valence-corrected chi connectivity index (χ3v) is 6.29. The number of hydrogen-bond donors (Lipinski definition) is 4. The number of ether oxygens (including phenoxy) is 1. The Bertz CT molecular complexity index is 1300. The summed E-state index contributed by atoms with van der Waals surface area (Å²) in [6.45, 7) is 2.47. The third kappa shape index (κ3) is 4.48. The van der Waals surface area contributed by atoms with Crippen LogP contribution in [0, 0.1) is 0 Å². The fourth-order valence-corrected chi connectivity index (χ4v) is 4.72. The summed E-state index contributed by atoms with van der Waals surface area (Å²) in [6.07, 6.45) is 1.41. The molecule has 0 saturated carbocycles. The Balaban J connectivity index is 1.43. The summed E-state index contributed by atoms with van der Waals surface area (Å²) in [5.41, 5.74) is 6.71. The number of H-pyrrole nitrogens is 1. The Kier molecular flexibility index (Phi) is 6.30. The predicted octanol–water partition coefficient (Wildman–Crippen LogP) is 3.15. The highest BCUT2D eigenvalue weighted by molar-refractivity contribution is 5.95. The molecular formula is C25H27N7O4. The predicted molar refractivity (Wildman–Crippen MR) is 133 cm³/mol. The van der Waals surface area contributed by atoms with E-state index in [9.17, 15) is 14.4 Å². The van der Waals surface area contributed by atoms with Gasteiger partial charge in [-0.1, -0.05) is 24.3 Å². The van der Waals surface area contributed by atoms with E-state index < -0.39 is 12.1 Å². The number of para-hydroxylation sites is 2. The van der Waals surface area contributed by atoms with E-state index in [4.69, 9.17) is 4.74 Å². The zero-order valence-electron chi connectivity index (χ0n) is 20.0. The van der Waals surface area contributed by atoms with Crippen molar-refractivity contribution in [1.29, 1.82) is 0 Å². The van der Waals surface area contributed by atoms with Gasteiger partial charge in [-0.25, -0.2) is 9.80 Å². The van der Waals surface area contributed by atoms with Gasteiger partial charge in [0, 0.05) is 31.1 Å². The number of aromatic nitrogens is 2. The molecule has 11 heteroatoms. The van der Waals surface area contributed by atoms with Crippen LogP contribution in [0.25, 0.3) is 0 Å². The summed E-state index contributed by atoms with van der Waals surface area (Å²) in [5.74, 6) is 0.826. The molecule has 2 aliphatic rings. The molecule has 0 aliphatic carbocycles. The lowest BCUT2D eigenvalue weighted by Crippen LogP contribution is -2.43. The van der Waals surface area contributed by atoms with Crippen molar-refractivity contribution in [3.8, 4) is 5.75 Å². The fourth-order valence-electron chi connectivity index (χ4n) is 4.72. The van der Waals surface area contributed by atoms with Crippen molar-refractivity contribution in [2.24, 2.45) is 0 Å². The molecule has 3 aromatic rings. The van der Waals surface area contributed by atoms with Gasteiger partial charge in [0.05, 0.1) is 31.1 Å². The van der Waals surface area contributed by atoms with Crippen molar-refractivity contribution in [2.75, 3.05) is 29.2 Å². The molecule has 2 aromatic carbocycles. The van der Waals surface area contributed by atoms with E-state index in [0.29, 0.717) is 36.8 Å². The number of benzene rings is 2. The largest absolute Gasteiger partial charge is 0.495 e. The van der Waals surface area contributed by atoms with Gasteiger partial charge in [-0.05, 0) is 36.2 Å². The van der Waals surface area contributed by atoms with Crippen molar-refractivity contribution in [3.05, 3.63) is 65.4 Å². The average molecular weight is 490 g/mol. The second-order valence-corrected chi connectivity index (χ2v) is 8.68. The standard InChI is InChI=1S/C25H27N7O4/c1-15(33)26-24-22-19(28-29-24)14-32(30-25(35)27-18-6-3-4-7-20(18)36-2)23(22)16-9-11-17(12-10-16)31-13-5-8-21(31)34/h3-4,6-7,9-12,23H,5,8,13-14H2,1-2H3,(H2,27,30,35)(H2,26,28,29,33). The second-order valence-electron chi connectivity index (χ2n) is 8.68. The van der Waals surface area contributed by atoms with Crippen LogP contribution < -0.4 is 25.7 Å². The summed E-state index contributed by atoms with van der Waals surface area (Å²) in [5, 5.41) is 14.6. The molecule has 0 radical (unpaired) electrons. The van der Waals surface area contributed by atoms with E-state index in [1.807, 2.05) is 30.3 Å². The van der Waals surface area contributed by atoms with Crippen LogP contribution in [0.15, 0.2) is 48.5 Å². The molecule has 2 aliphatic heterocycles. The van der Waals surface area contributed by atoms with Crippen molar-refractivity contribution in [3.63, 3.8) is 0 Å². The SMILES string of the molecule is COc1ccccc1NC(=O)NN1Cc2[nH]nc(NC(C)=O)c2C1c1ccc(N2CCCC2=O)cc1. The fraction of sp³-hybridized carbons (Fsp3) is 0.280. The lowest BCUT2D eigenvalue weighted by atomic mass is 10.0. The summed E-state index contributed by atoms with van der Waals surface area (Å²) >= 11 is 0. The maximum Gasteiger partial charge on any atom is 0.333 e. The minimum absolute atomic E-state index is 0.116. The first-order valence-electron chi connectivity index (χ1n) is 11.7. The summed E-state index contributed by atoms with van der Waals surface area (Å²) in [6, 6.07) is 13.9. The van der Waals surface area contributed by atoms with Gasteiger partial charge < -0.3 is 20.3 Å².